The highest BCUT2D eigenvalue weighted by molar-refractivity contribution is 5.88. The average molecular weight is 595 g/mol. The molecule has 0 atom stereocenters. The number of carboxylic acid groups (broad SMARTS) is 1. The van der Waals surface area contributed by atoms with Gasteiger partial charge in [0.1, 0.15) is 11.5 Å². The standard InChI is InChI=1S/C36H38N2O6/c1-42-11-12-43-22-44-34-18-33(39)29(16-30(34)36-19-23-13-24(20-36)15-25(14-23)21-36)32-17-31(26-7-9-27(10-8-26)35(40)41)37-38(32)28-5-3-2-4-6-28/h2-10,16-18,23-25,39H,11-15,19-22H2,1H3,(H,40,41). The first-order valence-corrected chi connectivity index (χ1v) is 15.5. The summed E-state index contributed by atoms with van der Waals surface area (Å²) in [7, 11) is 1.64. The van der Waals surface area contributed by atoms with Gasteiger partial charge in [-0.1, -0.05) is 30.3 Å². The fourth-order valence-corrected chi connectivity index (χ4v) is 8.32. The van der Waals surface area contributed by atoms with Crippen LogP contribution in [0, 0.1) is 17.8 Å². The van der Waals surface area contributed by atoms with E-state index in [1.165, 1.54) is 19.3 Å². The SMILES string of the molecule is COCCOCOc1cc(O)c(-c2cc(-c3ccc(C(=O)O)cc3)nn2-c2ccccc2)cc1C12CC3CC(CC(C3)C1)C2. The number of carbonyl (C=O) groups is 1. The Labute approximate surface area is 257 Å². The molecule has 8 rings (SSSR count). The summed E-state index contributed by atoms with van der Waals surface area (Å²) in [6.07, 6.45) is 7.40. The molecule has 4 aliphatic carbocycles. The lowest BCUT2D eigenvalue weighted by atomic mass is 9.48. The molecule has 4 aromatic rings. The predicted molar refractivity (Wildman–Crippen MR) is 166 cm³/mol. The number of hydrogen-bond acceptors (Lipinski definition) is 6. The highest BCUT2D eigenvalue weighted by Crippen LogP contribution is 2.62. The fraction of sp³-hybridized carbons (Fsp3) is 0.389. The first kappa shape index (κ1) is 28.6. The highest BCUT2D eigenvalue weighted by Gasteiger charge is 2.52. The lowest BCUT2D eigenvalue weighted by Crippen LogP contribution is -2.48. The summed E-state index contributed by atoms with van der Waals surface area (Å²) in [5.74, 6) is 2.02. The van der Waals surface area contributed by atoms with Crippen molar-refractivity contribution < 1.29 is 29.2 Å². The molecule has 1 heterocycles. The van der Waals surface area contributed by atoms with Gasteiger partial charge in [0, 0.05) is 29.9 Å². The second-order valence-electron chi connectivity index (χ2n) is 12.8. The minimum atomic E-state index is -0.972. The fourth-order valence-electron chi connectivity index (χ4n) is 8.32. The lowest BCUT2D eigenvalue weighted by Gasteiger charge is -2.57. The number of aromatic carboxylic acids is 1. The van der Waals surface area contributed by atoms with Crippen molar-refractivity contribution >= 4 is 5.97 Å². The maximum absolute atomic E-state index is 11.6. The van der Waals surface area contributed by atoms with E-state index >= 15 is 0 Å². The second kappa shape index (κ2) is 11.7. The molecule has 44 heavy (non-hydrogen) atoms. The van der Waals surface area contributed by atoms with Crippen LogP contribution in [0.4, 0.5) is 0 Å². The minimum absolute atomic E-state index is 0.00611. The van der Waals surface area contributed by atoms with Gasteiger partial charge in [0.05, 0.1) is 35.9 Å². The molecule has 228 valence electrons. The molecule has 0 amide bonds. The maximum atomic E-state index is 11.6. The van der Waals surface area contributed by atoms with Crippen molar-refractivity contribution in [3.63, 3.8) is 0 Å². The molecule has 0 unspecified atom stereocenters. The summed E-state index contributed by atoms with van der Waals surface area (Å²) in [6, 6.07) is 22.4. The van der Waals surface area contributed by atoms with Gasteiger partial charge in [-0.2, -0.15) is 5.10 Å². The molecule has 4 saturated carbocycles. The van der Waals surface area contributed by atoms with Gasteiger partial charge < -0.3 is 24.4 Å². The van der Waals surface area contributed by atoms with Crippen molar-refractivity contribution in [2.45, 2.75) is 43.9 Å². The summed E-state index contributed by atoms with van der Waals surface area (Å²) >= 11 is 0. The van der Waals surface area contributed by atoms with E-state index in [2.05, 4.69) is 6.07 Å². The third-order valence-electron chi connectivity index (χ3n) is 9.85. The zero-order chi connectivity index (χ0) is 30.3. The molecule has 0 radical (unpaired) electrons. The normalized spacial score (nSPS) is 23.6. The summed E-state index contributed by atoms with van der Waals surface area (Å²) in [5, 5.41) is 25.9. The van der Waals surface area contributed by atoms with Crippen LogP contribution in [0.2, 0.25) is 0 Å². The van der Waals surface area contributed by atoms with Gasteiger partial charge in [-0.05, 0) is 98.1 Å². The summed E-state index contributed by atoms with van der Waals surface area (Å²) < 4.78 is 18.9. The van der Waals surface area contributed by atoms with Crippen molar-refractivity contribution in [2.24, 2.45) is 17.8 Å². The molecule has 8 nitrogen and oxygen atoms in total. The molecule has 0 spiro atoms. The minimum Gasteiger partial charge on any atom is -0.507 e. The van der Waals surface area contributed by atoms with Gasteiger partial charge in [0.2, 0.25) is 0 Å². The van der Waals surface area contributed by atoms with E-state index in [1.54, 1.807) is 37.4 Å². The molecular formula is C36H38N2O6. The van der Waals surface area contributed by atoms with E-state index in [4.69, 9.17) is 19.3 Å². The third-order valence-corrected chi connectivity index (χ3v) is 9.85. The molecule has 4 aliphatic rings. The Morgan fingerprint density at radius 1 is 0.932 bits per heavy atom. The zero-order valence-electron chi connectivity index (χ0n) is 24.9. The Morgan fingerprint density at radius 3 is 2.25 bits per heavy atom. The summed E-state index contributed by atoms with van der Waals surface area (Å²) in [4.78, 5) is 11.4. The monoisotopic (exact) mass is 594 g/mol. The van der Waals surface area contributed by atoms with E-state index in [1.807, 2.05) is 41.1 Å². The van der Waals surface area contributed by atoms with Crippen molar-refractivity contribution in [3.8, 4) is 39.7 Å². The topological polar surface area (TPSA) is 103 Å². The molecule has 1 aromatic heterocycles. The number of phenolic OH excluding ortho intramolecular Hbond substituents is 1. The number of benzene rings is 3. The number of phenols is 1. The van der Waals surface area contributed by atoms with Crippen LogP contribution in [0.3, 0.4) is 0 Å². The molecule has 8 heteroatoms. The average Bonchev–Trinajstić information content (AvgIpc) is 3.46. The number of carboxylic acids is 1. The molecule has 2 N–H and O–H groups in total. The lowest BCUT2D eigenvalue weighted by molar-refractivity contribution is -0.0190. The molecule has 0 saturated heterocycles. The number of methoxy groups -OCH3 is 1. The smallest absolute Gasteiger partial charge is 0.335 e. The first-order valence-electron chi connectivity index (χ1n) is 15.5. The van der Waals surface area contributed by atoms with Crippen molar-refractivity contribution in [2.75, 3.05) is 27.1 Å². The van der Waals surface area contributed by atoms with E-state index in [-0.39, 0.29) is 23.5 Å². The Bertz CT molecular complexity index is 1610. The molecular weight excluding hydrogens is 556 g/mol. The van der Waals surface area contributed by atoms with Crippen LogP contribution in [0.5, 0.6) is 11.5 Å². The Morgan fingerprint density at radius 2 is 1.61 bits per heavy atom. The summed E-state index contributed by atoms with van der Waals surface area (Å²) in [5.41, 5.74) is 5.14. The second-order valence-corrected chi connectivity index (χ2v) is 12.8. The first-order chi connectivity index (χ1) is 21.4. The quantitative estimate of drug-likeness (QED) is 0.141. The van der Waals surface area contributed by atoms with Gasteiger partial charge in [-0.3, -0.25) is 0 Å². The molecule has 3 aromatic carbocycles. The predicted octanol–water partition coefficient (Wildman–Crippen LogP) is 7.08. The Hall–Kier alpha value is -4.14. The van der Waals surface area contributed by atoms with Gasteiger partial charge in [0.25, 0.3) is 0 Å². The number of nitrogens with zero attached hydrogens (tertiary/aromatic N) is 2. The summed E-state index contributed by atoms with van der Waals surface area (Å²) in [6.45, 7) is 1.000. The number of aromatic hydroxyl groups is 1. The number of hydrogen-bond donors (Lipinski definition) is 2. The molecule has 0 aliphatic heterocycles. The van der Waals surface area contributed by atoms with Crippen LogP contribution in [0.1, 0.15) is 54.4 Å². The number of ether oxygens (including phenoxy) is 3. The van der Waals surface area contributed by atoms with Crippen LogP contribution in [0.15, 0.2) is 72.8 Å². The number of aromatic nitrogens is 2. The van der Waals surface area contributed by atoms with Gasteiger partial charge in [-0.15, -0.1) is 0 Å². The number of rotatable bonds is 11. The van der Waals surface area contributed by atoms with Crippen molar-refractivity contribution in [1.82, 2.24) is 9.78 Å². The Kier molecular flexibility index (Phi) is 7.64. The molecule has 4 bridgehead atoms. The van der Waals surface area contributed by atoms with Crippen LogP contribution in [0.25, 0.3) is 28.2 Å². The largest absolute Gasteiger partial charge is 0.507 e. The van der Waals surface area contributed by atoms with E-state index < -0.39 is 5.97 Å². The van der Waals surface area contributed by atoms with Crippen LogP contribution < -0.4 is 4.74 Å². The highest BCUT2D eigenvalue weighted by atomic mass is 16.7. The third kappa shape index (κ3) is 5.37. The maximum Gasteiger partial charge on any atom is 0.335 e. The van der Waals surface area contributed by atoms with E-state index in [9.17, 15) is 15.0 Å². The van der Waals surface area contributed by atoms with Gasteiger partial charge in [-0.25, -0.2) is 9.48 Å². The van der Waals surface area contributed by atoms with Gasteiger partial charge >= 0.3 is 5.97 Å². The van der Waals surface area contributed by atoms with Crippen LogP contribution >= 0.6 is 0 Å². The van der Waals surface area contributed by atoms with Crippen molar-refractivity contribution in [1.29, 1.82) is 0 Å². The van der Waals surface area contributed by atoms with Crippen LogP contribution in [-0.2, 0) is 14.9 Å². The van der Waals surface area contributed by atoms with Crippen molar-refractivity contribution in [3.05, 3.63) is 83.9 Å². The van der Waals surface area contributed by atoms with Gasteiger partial charge in [0.15, 0.2) is 6.79 Å². The van der Waals surface area contributed by atoms with Crippen LogP contribution in [-0.4, -0.2) is 53.1 Å². The zero-order valence-corrected chi connectivity index (χ0v) is 24.9. The Balaban J connectivity index is 1.34. The van der Waals surface area contributed by atoms with E-state index in [0.29, 0.717) is 30.2 Å². The molecule has 4 fully saturated rings. The van der Waals surface area contributed by atoms with E-state index in [0.717, 1.165) is 59.5 Å². The number of para-hydroxylation sites is 1.